The van der Waals surface area contributed by atoms with Crippen molar-refractivity contribution in [1.82, 2.24) is 9.47 Å². The van der Waals surface area contributed by atoms with Crippen LogP contribution in [0.3, 0.4) is 0 Å². The highest BCUT2D eigenvalue weighted by Crippen LogP contribution is 2.45. The molecule has 0 bridgehead atoms. The molecular formula is C26H34FN3O4. The number of halogens is 1. The highest BCUT2D eigenvalue weighted by molar-refractivity contribution is 5.59. The van der Waals surface area contributed by atoms with E-state index in [0.717, 1.165) is 74.6 Å². The van der Waals surface area contributed by atoms with Crippen molar-refractivity contribution in [2.75, 3.05) is 37.6 Å². The minimum absolute atomic E-state index is 0.201. The van der Waals surface area contributed by atoms with Crippen LogP contribution in [0.1, 0.15) is 43.2 Å². The summed E-state index contributed by atoms with van der Waals surface area (Å²) in [6, 6.07) is 4.87. The molecule has 6 rings (SSSR count). The van der Waals surface area contributed by atoms with Gasteiger partial charge in [0.1, 0.15) is 11.6 Å². The number of benzene rings is 1. The summed E-state index contributed by atoms with van der Waals surface area (Å²) in [5, 5.41) is 21.2. The lowest BCUT2D eigenvalue weighted by Crippen LogP contribution is -2.47. The number of rotatable bonds is 7. The van der Waals surface area contributed by atoms with Gasteiger partial charge in [0, 0.05) is 62.8 Å². The SMILES string of the molecule is Oc1c2c(c(O)n1CCCN1CCN(c3cc(F)ccc3OC3CCCC3)CC1)CC1OC1C2. The van der Waals surface area contributed by atoms with Crippen molar-refractivity contribution in [2.45, 2.75) is 69.8 Å². The summed E-state index contributed by atoms with van der Waals surface area (Å²) in [6.07, 6.45) is 7.47. The lowest BCUT2D eigenvalue weighted by Gasteiger charge is -2.37. The molecule has 184 valence electrons. The van der Waals surface area contributed by atoms with Gasteiger partial charge in [0.05, 0.1) is 24.0 Å². The Morgan fingerprint density at radius 2 is 1.62 bits per heavy atom. The van der Waals surface area contributed by atoms with E-state index < -0.39 is 0 Å². The maximum Gasteiger partial charge on any atom is 0.197 e. The maximum atomic E-state index is 14.1. The van der Waals surface area contributed by atoms with Crippen LogP contribution in [0.4, 0.5) is 10.1 Å². The van der Waals surface area contributed by atoms with Crippen molar-refractivity contribution >= 4 is 5.69 Å². The maximum absolute atomic E-state index is 14.1. The van der Waals surface area contributed by atoms with E-state index in [1.165, 1.54) is 18.9 Å². The van der Waals surface area contributed by atoms with E-state index in [-0.39, 0.29) is 35.9 Å². The number of piperazine rings is 1. The number of hydrogen-bond donors (Lipinski definition) is 2. The molecule has 1 aromatic carbocycles. The van der Waals surface area contributed by atoms with Crippen LogP contribution in [0.25, 0.3) is 0 Å². The van der Waals surface area contributed by atoms with E-state index >= 15 is 0 Å². The first-order chi connectivity index (χ1) is 16.6. The Balaban J connectivity index is 1.03. The molecule has 0 radical (unpaired) electrons. The Morgan fingerprint density at radius 1 is 0.941 bits per heavy atom. The van der Waals surface area contributed by atoms with Gasteiger partial charge in [-0.15, -0.1) is 0 Å². The predicted octanol–water partition coefficient (Wildman–Crippen LogP) is 3.44. The Morgan fingerprint density at radius 3 is 2.29 bits per heavy atom. The molecule has 1 aromatic heterocycles. The largest absolute Gasteiger partial charge is 0.494 e. The summed E-state index contributed by atoms with van der Waals surface area (Å²) < 4.78 is 27.5. The van der Waals surface area contributed by atoms with Gasteiger partial charge in [-0.1, -0.05) is 0 Å². The molecule has 4 aliphatic rings. The first kappa shape index (κ1) is 22.0. The fraction of sp³-hybridized carbons (Fsp3) is 0.615. The second-order valence-electron chi connectivity index (χ2n) is 10.2. The van der Waals surface area contributed by atoms with Crippen LogP contribution in [-0.2, 0) is 24.1 Å². The van der Waals surface area contributed by atoms with Gasteiger partial charge in [-0.2, -0.15) is 0 Å². The Kier molecular flexibility index (Phi) is 5.81. The zero-order chi connectivity index (χ0) is 23.2. The van der Waals surface area contributed by atoms with Gasteiger partial charge in [0.25, 0.3) is 0 Å². The fourth-order valence-corrected chi connectivity index (χ4v) is 5.97. The van der Waals surface area contributed by atoms with Crippen molar-refractivity contribution in [3.8, 4) is 17.5 Å². The van der Waals surface area contributed by atoms with Gasteiger partial charge in [-0.25, -0.2) is 4.39 Å². The highest BCUT2D eigenvalue weighted by Gasteiger charge is 2.46. The van der Waals surface area contributed by atoms with E-state index in [4.69, 9.17) is 9.47 Å². The summed E-state index contributed by atoms with van der Waals surface area (Å²) >= 11 is 0. The van der Waals surface area contributed by atoms with Crippen molar-refractivity contribution in [3.05, 3.63) is 35.1 Å². The molecule has 34 heavy (non-hydrogen) atoms. The molecule has 3 heterocycles. The van der Waals surface area contributed by atoms with Gasteiger partial charge < -0.3 is 24.6 Å². The van der Waals surface area contributed by atoms with Gasteiger partial charge >= 0.3 is 0 Å². The van der Waals surface area contributed by atoms with E-state index in [9.17, 15) is 14.6 Å². The lowest BCUT2D eigenvalue weighted by molar-refractivity contribution is 0.208. The normalized spacial score (nSPS) is 24.8. The summed E-state index contributed by atoms with van der Waals surface area (Å²) in [5.41, 5.74) is 2.58. The van der Waals surface area contributed by atoms with Crippen molar-refractivity contribution in [1.29, 1.82) is 0 Å². The molecule has 2 saturated heterocycles. The van der Waals surface area contributed by atoms with Crippen LogP contribution in [0.5, 0.6) is 17.5 Å². The van der Waals surface area contributed by atoms with Crippen molar-refractivity contribution < 1.29 is 24.1 Å². The molecule has 0 spiro atoms. The number of ether oxygens (including phenoxy) is 2. The van der Waals surface area contributed by atoms with Crippen molar-refractivity contribution in [2.24, 2.45) is 0 Å². The summed E-state index contributed by atoms with van der Waals surface area (Å²) in [7, 11) is 0. The van der Waals surface area contributed by atoms with E-state index in [1.807, 2.05) is 0 Å². The number of anilines is 1. The quantitative estimate of drug-likeness (QED) is 0.603. The van der Waals surface area contributed by atoms with Crippen LogP contribution in [0, 0.1) is 5.82 Å². The summed E-state index contributed by atoms with van der Waals surface area (Å²) in [5.74, 6) is 0.973. The third-order valence-electron chi connectivity index (χ3n) is 8.00. The molecule has 2 N–H and O–H groups in total. The van der Waals surface area contributed by atoms with Crippen LogP contribution < -0.4 is 9.64 Å². The molecule has 2 unspecified atom stereocenters. The number of epoxide rings is 1. The second kappa shape index (κ2) is 8.96. The standard InChI is InChI=1S/C26H34FN3O4/c27-17-6-7-22(33-18-4-1-2-5-18)21(14-17)29-12-10-28(11-13-29)8-3-9-30-25(31)19-15-23-24(34-23)16-20(19)26(30)32/h6-7,14,18,23-24,31-32H,1-5,8-13,15-16H2. The smallest absolute Gasteiger partial charge is 0.197 e. The molecule has 3 fully saturated rings. The molecular weight excluding hydrogens is 437 g/mol. The number of aromatic hydroxyl groups is 2. The monoisotopic (exact) mass is 471 g/mol. The predicted molar refractivity (Wildman–Crippen MR) is 126 cm³/mol. The van der Waals surface area contributed by atoms with Crippen LogP contribution in [0.2, 0.25) is 0 Å². The van der Waals surface area contributed by atoms with Crippen LogP contribution >= 0.6 is 0 Å². The van der Waals surface area contributed by atoms with E-state index in [0.29, 0.717) is 19.4 Å². The van der Waals surface area contributed by atoms with Crippen molar-refractivity contribution in [3.63, 3.8) is 0 Å². The first-order valence-corrected chi connectivity index (χ1v) is 12.8. The number of aromatic nitrogens is 1. The van der Waals surface area contributed by atoms with E-state index in [2.05, 4.69) is 9.80 Å². The average molecular weight is 472 g/mol. The van der Waals surface area contributed by atoms with Crippen LogP contribution in [0.15, 0.2) is 18.2 Å². The zero-order valence-electron chi connectivity index (χ0n) is 19.6. The summed E-state index contributed by atoms with van der Waals surface area (Å²) in [4.78, 5) is 4.63. The molecule has 2 atom stereocenters. The Bertz CT molecular complexity index is 1010. The molecule has 2 aromatic rings. The zero-order valence-corrected chi connectivity index (χ0v) is 19.6. The third kappa shape index (κ3) is 4.22. The molecule has 7 nitrogen and oxygen atoms in total. The van der Waals surface area contributed by atoms with Gasteiger partial charge in [0.2, 0.25) is 0 Å². The lowest BCUT2D eigenvalue weighted by atomic mass is 9.95. The number of fused-ring (bicyclic) bond motifs is 2. The van der Waals surface area contributed by atoms with Gasteiger partial charge in [0.15, 0.2) is 11.8 Å². The third-order valence-corrected chi connectivity index (χ3v) is 8.00. The molecule has 0 amide bonds. The Hall–Kier alpha value is -2.45. The van der Waals surface area contributed by atoms with E-state index in [1.54, 1.807) is 16.7 Å². The Labute approximate surface area is 199 Å². The van der Waals surface area contributed by atoms with Crippen LogP contribution in [-0.4, -0.2) is 70.7 Å². The molecule has 2 aliphatic carbocycles. The van der Waals surface area contributed by atoms with Gasteiger partial charge in [-0.05, 0) is 50.8 Å². The average Bonchev–Trinajstić information content (AvgIpc) is 3.35. The summed E-state index contributed by atoms with van der Waals surface area (Å²) in [6.45, 7) is 4.90. The molecule has 1 saturated carbocycles. The van der Waals surface area contributed by atoms with Gasteiger partial charge in [-0.3, -0.25) is 9.47 Å². The highest BCUT2D eigenvalue weighted by atomic mass is 19.1. The topological polar surface area (TPSA) is 73.6 Å². The number of nitrogens with zero attached hydrogens (tertiary/aromatic N) is 3. The number of hydrogen-bond acceptors (Lipinski definition) is 6. The fourth-order valence-electron chi connectivity index (χ4n) is 5.97. The first-order valence-electron chi connectivity index (χ1n) is 12.8. The minimum atomic E-state index is -0.228. The minimum Gasteiger partial charge on any atom is -0.494 e. The molecule has 8 heteroatoms. The second-order valence-corrected chi connectivity index (χ2v) is 10.2. The molecule has 2 aliphatic heterocycles.